The van der Waals surface area contributed by atoms with Crippen molar-refractivity contribution in [3.05, 3.63) is 54.1 Å². The molecular formula is C18H25N3O2. The number of nitrogens with zero attached hydrogens (tertiary/aromatic N) is 2. The van der Waals surface area contributed by atoms with Crippen LogP contribution in [0.15, 0.2) is 43.0 Å². The van der Waals surface area contributed by atoms with Crippen LogP contribution in [0.25, 0.3) is 0 Å². The van der Waals surface area contributed by atoms with Crippen LogP contribution < -0.4 is 5.32 Å². The van der Waals surface area contributed by atoms with Gasteiger partial charge in [-0.25, -0.2) is 4.98 Å². The second-order valence-electron chi connectivity index (χ2n) is 6.58. The molecule has 2 aromatic rings. The summed E-state index contributed by atoms with van der Waals surface area (Å²) >= 11 is 0. The van der Waals surface area contributed by atoms with Gasteiger partial charge < -0.3 is 15.0 Å². The van der Waals surface area contributed by atoms with E-state index in [4.69, 9.17) is 0 Å². The SMILES string of the molecule is CC(CNC(=O)c1cccc(CCC(C)(C)O)c1)n1ccnc1. The van der Waals surface area contributed by atoms with E-state index in [0.717, 1.165) is 12.0 Å². The van der Waals surface area contributed by atoms with E-state index in [2.05, 4.69) is 10.3 Å². The first-order valence-corrected chi connectivity index (χ1v) is 7.92. The summed E-state index contributed by atoms with van der Waals surface area (Å²) in [7, 11) is 0. The summed E-state index contributed by atoms with van der Waals surface area (Å²) in [5, 5.41) is 12.8. The Bertz CT molecular complexity index is 630. The third kappa shape index (κ3) is 5.53. The average molecular weight is 315 g/mol. The fourth-order valence-corrected chi connectivity index (χ4v) is 2.30. The Morgan fingerprint density at radius 3 is 2.87 bits per heavy atom. The molecule has 23 heavy (non-hydrogen) atoms. The molecule has 2 rings (SSSR count). The number of aryl methyl sites for hydroxylation is 1. The van der Waals surface area contributed by atoms with Crippen LogP contribution in [0.1, 0.15) is 49.2 Å². The molecular weight excluding hydrogens is 290 g/mol. The third-order valence-corrected chi connectivity index (χ3v) is 3.81. The maximum absolute atomic E-state index is 12.3. The van der Waals surface area contributed by atoms with Crippen LogP contribution in [0.5, 0.6) is 0 Å². The quantitative estimate of drug-likeness (QED) is 0.825. The summed E-state index contributed by atoms with van der Waals surface area (Å²) in [6, 6.07) is 7.72. The fraction of sp³-hybridized carbons (Fsp3) is 0.444. The Balaban J connectivity index is 1.91. The third-order valence-electron chi connectivity index (χ3n) is 3.81. The molecule has 0 saturated carbocycles. The van der Waals surface area contributed by atoms with Gasteiger partial charge in [-0.2, -0.15) is 0 Å². The van der Waals surface area contributed by atoms with Crippen LogP contribution in [0.4, 0.5) is 0 Å². The molecule has 1 amide bonds. The van der Waals surface area contributed by atoms with Crippen molar-refractivity contribution in [3.63, 3.8) is 0 Å². The van der Waals surface area contributed by atoms with Crippen molar-refractivity contribution in [2.24, 2.45) is 0 Å². The van der Waals surface area contributed by atoms with Gasteiger partial charge in [-0.15, -0.1) is 0 Å². The first-order valence-electron chi connectivity index (χ1n) is 7.92. The number of imidazole rings is 1. The second kappa shape index (κ2) is 7.42. The molecule has 1 atom stereocenters. The fourth-order valence-electron chi connectivity index (χ4n) is 2.30. The van der Waals surface area contributed by atoms with Crippen LogP contribution in [0, 0.1) is 0 Å². The minimum atomic E-state index is -0.696. The van der Waals surface area contributed by atoms with Gasteiger partial charge in [-0.1, -0.05) is 12.1 Å². The molecule has 1 heterocycles. The number of aliphatic hydroxyl groups is 1. The summed E-state index contributed by atoms with van der Waals surface area (Å²) in [4.78, 5) is 16.3. The summed E-state index contributed by atoms with van der Waals surface area (Å²) in [6.45, 7) is 6.16. The van der Waals surface area contributed by atoms with Gasteiger partial charge in [0, 0.05) is 30.5 Å². The van der Waals surface area contributed by atoms with Crippen molar-refractivity contribution < 1.29 is 9.90 Å². The van der Waals surface area contributed by atoms with Gasteiger partial charge in [-0.05, 0) is 51.3 Å². The second-order valence-corrected chi connectivity index (χ2v) is 6.58. The number of benzene rings is 1. The summed E-state index contributed by atoms with van der Waals surface area (Å²) in [5.74, 6) is -0.0814. The number of hydrogen-bond acceptors (Lipinski definition) is 3. The Labute approximate surface area is 137 Å². The molecule has 0 bridgehead atoms. The lowest BCUT2D eigenvalue weighted by molar-refractivity contribution is 0.0714. The summed E-state index contributed by atoms with van der Waals surface area (Å²) in [6.07, 6.45) is 6.76. The van der Waals surface area contributed by atoms with Crippen LogP contribution >= 0.6 is 0 Å². The van der Waals surface area contributed by atoms with E-state index >= 15 is 0 Å². The smallest absolute Gasteiger partial charge is 0.251 e. The highest BCUT2D eigenvalue weighted by Crippen LogP contribution is 2.14. The first-order chi connectivity index (χ1) is 10.8. The summed E-state index contributed by atoms with van der Waals surface area (Å²) < 4.78 is 1.96. The van der Waals surface area contributed by atoms with E-state index in [1.54, 1.807) is 26.4 Å². The normalized spacial score (nSPS) is 12.9. The van der Waals surface area contributed by atoms with Crippen molar-refractivity contribution >= 4 is 5.91 Å². The van der Waals surface area contributed by atoms with E-state index in [9.17, 15) is 9.90 Å². The molecule has 124 valence electrons. The molecule has 5 nitrogen and oxygen atoms in total. The van der Waals surface area contributed by atoms with Crippen molar-refractivity contribution in [3.8, 4) is 0 Å². The molecule has 0 saturated heterocycles. The van der Waals surface area contributed by atoms with Crippen LogP contribution in [-0.2, 0) is 6.42 Å². The minimum absolute atomic E-state index is 0.0814. The Morgan fingerprint density at radius 2 is 2.22 bits per heavy atom. The van der Waals surface area contributed by atoms with Gasteiger partial charge in [0.2, 0.25) is 0 Å². The lowest BCUT2D eigenvalue weighted by Crippen LogP contribution is -2.29. The van der Waals surface area contributed by atoms with E-state index in [-0.39, 0.29) is 11.9 Å². The van der Waals surface area contributed by atoms with Gasteiger partial charge in [0.1, 0.15) is 0 Å². The molecule has 0 aliphatic rings. The molecule has 0 radical (unpaired) electrons. The van der Waals surface area contributed by atoms with Gasteiger partial charge >= 0.3 is 0 Å². The van der Waals surface area contributed by atoms with Gasteiger partial charge in [0.15, 0.2) is 0 Å². The van der Waals surface area contributed by atoms with Crippen molar-refractivity contribution in [2.75, 3.05) is 6.54 Å². The molecule has 1 aromatic heterocycles. The monoisotopic (exact) mass is 315 g/mol. The van der Waals surface area contributed by atoms with Crippen LogP contribution in [-0.4, -0.2) is 32.7 Å². The molecule has 0 aliphatic heterocycles. The zero-order valence-corrected chi connectivity index (χ0v) is 14.0. The molecule has 0 aliphatic carbocycles. The lowest BCUT2D eigenvalue weighted by atomic mass is 9.98. The Morgan fingerprint density at radius 1 is 1.43 bits per heavy atom. The minimum Gasteiger partial charge on any atom is -0.390 e. The molecule has 1 unspecified atom stereocenters. The first kappa shape index (κ1) is 17.2. The highest BCUT2D eigenvalue weighted by Gasteiger charge is 2.13. The largest absolute Gasteiger partial charge is 0.390 e. The molecule has 1 aromatic carbocycles. The lowest BCUT2D eigenvalue weighted by Gasteiger charge is -2.17. The number of rotatable bonds is 7. The number of hydrogen-bond donors (Lipinski definition) is 2. The number of amides is 1. The van der Waals surface area contributed by atoms with Crippen LogP contribution in [0.3, 0.4) is 0 Å². The molecule has 2 N–H and O–H groups in total. The number of aromatic nitrogens is 2. The number of carbonyl (C=O) groups is 1. The number of nitrogens with one attached hydrogen (secondary N) is 1. The van der Waals surface area contributed by atoms with Gasteiger partial charge in [0.25, 0.3) is 5.91 Å². The van der Waals surface area contributed by atoms with E-state index in [1.807, 2.05) is 42.0 Å². The maximum Gasteiger partial charge on any atom is 0.251 e. The average Bonchev–Trinajstić information content (AvgIpc) is 3.04. The molecule has 0 spiro atoms. The van der Waals surface area contributed by atoms with E-state index < -0.39 is 5.60 Å². The standard InChI is InChI=1S/C18H25N3O2/c1-14(21-10-9-19-13-21)12-20-17(22)16-6-4-5-15(11-16)7-8-18(2,3)23/h4-6,9-11,13-14,23H,7-8,12H2,1-3H3,(H,20,22). The number of carbonyl (C=O) groups excluding carboxylic acids is 1. The predicted octanol–water partition coefficient (Wildman–Crippen LogP) is 2.58. The maximum atomic E-state index is 12.3. The van der Waals surface area contributed by atoms with Gasteiger partial charge in [0.05, 0.1) is 11.9 Å². The van der Waals surface area contributed by atoms with Crippen molar-refractivity contribution in [2.45, 2.75) is 45.3 Å². The topological polar surface area (TPSA) is 67.2 Å². The van der Waals surface area contributed by atoms with E-state index in [0.29, 0.717) is 18.5 Å². The predicted molar refractivity (Wildman–Crippen MR) is 90.3 cm³/mol. The summed E-state index contributed by atoms with van der Waals surface area (Å²) in [5.41, 5.74) is 1.01. The van der Waals surface area contributed by atoms with E-state index in [1.165, 1.54) is 0 Å². The Hall–Kier alpha value is -2.14. The Kier molecular flexibility index (Phi) is 5.55. The zero-order chi connectivity index (χ0) is 16.9. The highest BCUT2D eigenvalue weighted by atomic mass is 16.3. The van der Waals surface area contributed by atoms with Crippen LogP contribution in [0.2, 0.25) is 0 Å². The highest BCUT2D eigenvalue weighted by molar-refractivity contribution is 5.94. The molecule has 0 fully saturated rings. The zero-order valence-electron chi connectivity index (χ0n) is 14.0. The van der Waals surface area contributed by atoms with Gasteiger partial charge in [-0.3, -0.25) is 4.79 Å². The van der Waals surface area contributed by atoms with Crippen molar-refractivity contribution in [1.29, 1.82) is 0 Å². The van der Waals surface area contributed by atoms with Crippen molar-refractivity contribution in [1.82, 2.24) is 14.9 Å². The molecule has 5 heteroatoms.